The van der Waals surface area contributed by atoms with E-state index < -0.39 is 5.60 Å². The number of rotatable bonds is 4. The number of nitriles is 1. The molecule has 0 aromatic carbocycles. The Hall–Kier alpha value is -1.80. The molecule has 1 aromatic heterocycles. The van der Waals surface area contributed by atoms with Gasteiger partial charge >= 0.3 is 0 Å². The van der Waals surface area contributed by atoms with E-state index in [4.69, 9.17) is 5.26 Å². The second-order valence-electron chi connectivity index (χ2n) is 5.03. The van der Waals surface area contributed by atoms with Gasteiger partial charge in [-0.3, -0.25) is 4.79 Å². The lowest BCUT2D eigenvalue weighted by molar-refractivity contribution is 0.0141. The van der Waals surface area contributed by atoms with Crippen molar-refractivity contribution in [1.29, 1.82) is 5.26 Å². The average molecular weight is 249 g/mol. The van der Waals surface area contributed by atoms with Crippen molar-refractivity contribution < 1.29 is 9.90 Å². The molecule has 0 saturated heterocycles. The summed E-state index contributed by atoms with van der Waals surface area (Å²) in [4.78, 5) is 11.9. The number of nitrogens with zero attached hydrogens (tertiary/aromatic N) is 2. The van der Waals surface area contributed by atoms with Crippen LogP contribution < -0.4 is 5.32 Å². The van der Waals surface area contributed by atoms with Gasteiger partial charge in [0, 0.05) is 19.8 Å². The predicted molar refractivity (Wildman–Crippen MR) is 67.9 cm³/mol. The maximum atomic E-state index is 11.9. The summed E-state index contributed by atoms with van der Waals surface area (Å²) in [5, 5.41) is 21.5. The van der Waals surface area contributed by atoms with Gasteiger partial charge in [0.1, 0.15) is 11.8 Å². The monoisotopic (exact) mass is 249 g/mol. The Balaban J connectivity index is 2.72. The summed E-state index contributed by atoms with van der Waals surface area (Å²) in [6.45, 7) is 5.64. The molecule has 1 unspecified atom stereocenters. The fraction of sp³-hybridized carbons (Fsp3) is 0.538. The van der Waals surface area contributed by atoms with Crippen molar-refractivity contribution >= 4 is 5.91 Å². The van der Waals surface area contributed by atoms with Gasteiger partial charge in [-0.15, -0.1) is 0 Å². The molecule has 1 atom stereocenters. The number of carbonyl (C=O) groups is 1. The third-order valence-electron chi connectivity index (χ3n) is 3.22. The van der Waals surface area contributed by atoms with Gasteiger partial charge in [-0.25, -0.2) is 0 Å². The van der Waals surface area contributed by atoms with Gasteiger partial charge in [-0.05, 0) is 18.9 Å². The van der Waals surface area contributed by atoms with Crippen LogP contribution in [0.1, 0.15) is 36.8 Å². The summed E-state index contributed by atoms with van der Waals surface area (Å²) in [7, 11) is 1.70. The molecule has 1 rings (SSSR count). The molecule has 0 bridgehead atoms. The molecule has 98 valence electrons. The molecule has 1 aromatic rings. The van der Waals surface area contributed by atoms with Gasteiger partial charge in [0.05, 0.1) is 11.2 Å². The third-order valence-corrected chi connectivity index (χ3v) is 3.22. The highest BCUT2D eigenvalue weighted by Crippen LogP contribution is 2.15. The van der Waals surface area contributed by atoms with Crippen LogP contribution in [-0.2, 0) is 7.05 Å². The standard InChI is InChI=1S/C13H19N3O2/c1-9(2)13(3,18)8-15-12(17)11-5-10(6-14)7-16(11)4/h5,7,9,18H,8H2,1-4H3,(H,15,17). The van der Waals surface area contributed by atoms with Crippen molar-refractivity contribution in [1.82, 2.24) is 9.88 Å². The Morgan fingerprint density at radius 3 is 2.72 bits per heavy atom. The third kappa shape index (κ3) is 3.11. The van der Waals surface area contributed by atoms with Crippen molar-refractivity contribution in [2.45, 2.75) is 26.4 Å². The van der Waals surface area contributed by atoms with Crippen LogP contribution in [0.25, 0.3) is 0 Å². The van der Waals surface area contributed by atoms with Crippen molar-refractivity contribution in [3.8, 4) is 6.07 Å². The Kier molecular flexibility index (Phi) is 4.15. The first-order valence-corrected chi connectivity index (χ1v) is 5.85. The molecule has 1 amide bonds. The van der Waals surface area contributed by atoms with E-state index in [1.54, 1.807) is 24.7 Å². The highest BCUT2D eigenvalue weighted by atomic mass is 16.3. The molecule has 0 saturated carbocycles. The van der Waals surface area contributed by atoms with Crippen molar-refractivity contribution in [2.24, 2.45) is 13.0 Å². The molecule has 5 heteroatoms. The van der Waals surface area contributed by atoms with Crippen LogP contribution in [0.15, 0.2) is 12.3 Å². The summed E-state index contributed by atoms with van der Waals surface area (Å²) >= 11 is 0. The summed E-state index contributed by atoms with van der Waals surface area (Å²) in [5.74, 6) is -0.249. The van der Waals surface area contributed by atoms with E-state index in [1.165, 1.54) is 6.07 Å². The topological polar surface area (TPSA) is 78.1 Å². The summed E-state index contributed by atoms with van der Waals surface area (Å²) < 4.78 is 1.60. The molecule has 0 spiro atoms. The minimum Gasteiger partial charge on any atom is -0.388 e. The number of carbonyl (C=O) groups excluding carboxylic acids is 1. The largest absolute Gasteiger partial charge is 0.388 e. The average Bonchev–Trinajstić information content (AvgIpc) is 2.67. The summed E-state index contributed by atoms with van der Waals surface area (Å²) in [6.07, 6.45) is 1.59. The number of hydrogen-bond acceptors (Lipinski definition) is 3. The molecular weight excluding hydrogens is 230 g/mol. The molecule has 5 nitrogen and oxygen atoms in total. The van der Waals surface area contributed by atoms with Gasteiger partial charge < -0.3 is 15.0 Å². The normalized spacial score (nSPS) is 14.1. The molecule has 0 aliphatic heterocycles. The Morgan fingerprint density at radius 1 is 1.67 bits per heavy atom. The highest BCUT2D eigenvalue weighted by Gasteiger charge is 2.26. The fourth-order valence-electron chi connectivity index (χ4n) is 1.41. The lowest BCUT2D eigenvalue weighted by Crippen LogP contribution is -2.44. The van der Waals surface area contributed by atoms with Crippen LogP contribution in [0, 0.1) is 17.2 Å². The van der Waals surface area contributed by atoms with E-state index >= 15 is 0 Å². The zero-order valence-electron chi connectivity index (χ0n) is 11.2. The molecule has 0 radical (unpaired) electrons. The van der Waals surface area contributed by atoms with Crippen LogP contribution in [-0.4, -0.2) is 27.7 Å². The first kappa shape index (κ1) is 14.3. The predicted octanol–water partition coefficient (Wildman–Crippen LogP) is 1.03. The van der Waals surface area contributed by atoms with Crippen LogP contribution in [0.2, 0.25) is 0 Å². The van der Waals surface area contributed by atoms with Crippen molar-refractivity contribution in [2.75, 3.05) is 6.54 Å². The fourth-order valence-corrected chi connectivity index (χ4v) is 1.41. The quantitative estimate of drug-likeness (QED) is 0.836. The summed E-state index contributed by atoms with van der Waals surface area (Å²) in [6, 6.07) is 3.51. The number of nitrogens with one attached hydrogen (secondary N) is 1. The van der Waals surface area contributed by atoms with Crippen LogP contribution >= 0.6 is 0 Å². The van der Waals surface area contributed by atoms with Crippen molar-refractivity contribution in [3.05, 3.63) is 23.5 Å². The molecular formula is C13H19N3O2. The number of aliphatic hydroxyl groups is 1. The van der Waals surface area contributed by atoms with Gasteiger partial charge in [-0.1, -0.05) is 13.8 Å². The first-order valence-electron chi connectivity index (χ1n) is 5.85. The van der Waals surface area contributed by atoms with Gasteiger partial charge in [0.15, 0.2) is 0 Å². The second kappa shape index (κ2) is 5.23. The zero-order valence-corrected chi connectivity index (χ0v) is 11.2. The Morgan fingerprint density at radius 2 is 2.28 bits per heavy atom. The molecule has 2 N–H and O–H groups in total. The SMILES string of the molecule is CC(C)C(C)(O)CNC(=O)c1cc(C#N)cn1C. The second-order valence-corrected chi connectivity index (χ2v) is 5.03. The maximum Gasteiger partial charge on any atom is 0.268 e. The highest BCUT2D eigenvalue weighted by molar-refractivity contribution is 5.93. The van der Waals surface area contributed by atoms with E-state index in [0.29, 0.717) is 11.3 Å². The zero-order chi connectivity index (χ0) is 13.9. The molecule has 1 heterocycles. The van der Waals surface area contributed by atoms with E-state index in [9.17, 15) is 9.90 Å². The Bertz CT molecular complexity index is 481. The van der Waals surface area contributed by atoms with Crippen LogP contribution in [0.5, 0.6) is 0 Å². The van der Waals surface area contributed by atoms with Crippen molar-refractivity contribution in [3.63, 3.8) is 0 Å². The first-order chi connectivity index (χ1) is 8.27. The number of hydrogen-bond donors (Lipinski definition) is 2. The minimum absolute atomic E-state index is 0.0425. The molecule has 18 heavy (non-hydrogen) atoms. The lowest BCUT2D eigenvalue weighted by Gasteiger charge is -2.27. The van der Waals surface area contributed by atoms with E-state index in [1.807, 2.05) is 19.9 Å². The van der Waals surface area contributed by atoms with Gasteiger partial charge in [-0.2, -0.15) is 5.26 Å². The van der Waals surface area contributed by atoms with Gasteiger partial charge in [0.25, 0.3) is 5.91 Å². The lowest BCUT2D eigenvalue weighted by atomic mass is 9.92. The molecule has 0 aliphatic carbocycles. The van der Waals surface area contributed by atoms with E-state index in [2.05, 4.69) is 5.32 Å². The molecule has 0 aliphatic rings. The van der Waals surface area contributed by atoms with Crippen LogP contribution in [0.4, 0.5) is 0 Å². The maximum absolute atomic E-state index is 11.9. The number of aryl methyl sites for hydroxylation is 1. The Labute approximate surface area is 107 Å². The van der Waals surface area contributed by atoms with Crippen LogP contribution in [0.3, 0.4) is 0 Å². The van der Waals surface area contributed by atoms with E-state index in [-0.39, 0.29) is 18.4 Å². The summed E-state index contributed by atoms with van der Waals surface area (Å²) in [5.41, 5.74) is -0.0943. The molecule has 0 fully saturated rings. The minimum atomic E-state index is -0.946. The number of amides is 1. The number of aromatic nitrogens is 1. The smallest absolute Gasteiger partial charge is 0.268 e. The van der Waals surface area contributed by atoms with Gasteiger partial charge in [0.2, 0.25) is 0 Å². The van der Waals surface area contributed by atoms with E-state index in [0.717, 1.165) is 0 Å².